The van der Waals surface area contributed by atoms with E-state index in [0.29, 0.717) is 15.7 Å². The predicted octanol–water partition coefficient (Wildman–Crippen LogP) is 4.69. The van der Waals surface area contributed by atoms with Gasteiger partial charge in [-0.2, -0.15) is 0 Å². The van der Waals surface area contributed by atoms with Crippen molar-refractivity contribution in [2.75, 3.05) is 18.2 Å². The molecule has 0 saturated carbocycles. The zero-order chi connectivity index (χ0) is 21.8. The number of anilines is 1. The lowest BCUT2D eigenvalue weighted by atomic mass is 10.1. The summed E-state index contributed by atoms with van der Waals surface area (Å²) in [4.78, 5) is 26.9. The number of amides is 1. The van der Waals surface area contributed by atoms with E-state index in [1.807, 2.05) is 25.5 Å². The minimum atomic E-state index is -0.448. The number of thiophene rings is 2. The van der Waals surface area contributed by atoms with E-state index in [9.17, 15) is 9.59 Å². The van der Waals surface area contributed by atoms with Gasteiger partial charge in [-0.3, -0.25) is 4.79 Å². The number of nitrogens with one attached hydrogen (secondary N) is 1. The fraction of sp³-hybridized carbons (Fsp3) is 0.400. The average molecular weight is 465 g/mol. The van der Waals surface area contributed by atoms with Gasteiger partial charge in [-0.1, -0.05) is 25.1 Å². The molecule has 0 fully saturated rings. The third-order valence-corrected chi connectivity index (χ3v) is 7.74. The van der Waals surface area contributed by atoms with Gasteiger partial charge >= 0.3 is 5.97 Å². The second kappa shape index (κ2) is 9.76. The Balaban J connectivity index is 1.67. The monoisotopic (exact) mass is 464 g/mol. The summed E-state index contributed by atoms with van der Waals surface area (Å²) in [6, 6.07) is 2.15. The zero-order valence-corrected chi connectivity index (χ0v) is 20.0. The largest absolute Gasteiger partial charge is 0.465 e. The summed E-state index contributed by atoms with van der Waals surface area (Å²) < 4.78 is 6.75. The number of thioether (sulfide) groups is 1. The van der Waals surface area contributed by atoms with E-state index in [4.69, 9.17) is 4.74 Å². The van der Waals surface area contributed by atoms with Gasteiger partial charge in [0.15, 0.2) is 11.0 Å². The second-order valence-corrected chi connectivity index (χ2v) is 9.90. The zero-order valence-electron chi connectivity index (χ0n) is 17.6. The molecule has 10 heteroatoms. The third kappa shape index (κ3) is 4.76. The molecule has 0 aliphatic carbocycles. The number of aromatic nitrogens is 3. The summed E-state index contributed by atoms with van der Waals surface area (Å²) in [5, 5.41) is 14.6. The van der Waals surface area contributed by atoms with Crippen molar-refractivity contribution in [1.82, 2.24) is 14.8 Å². The van der Waals surface area contributed by atoms with Crippen molar-refractivity contribution < 1.29 is 14.3 Å². The van der Waals surface area contributed by atoms with Crippen LogP contribution in [0.4, 0.5) is 5.00 Å². The lowest BCUT2D eigenvalue weighted by Crippen LogP contribution is -2.16. The smallest absolute Gasteiger partial charge is 0.341 e. The minimum Gasteiger partial charge on any atom is -0.465 e. The van der Waals surface area contributed by atoms with Gasteiger partial charge in [-0.05, 0) is 31.9 Å². The number of methoxy groups -OCH3 is 1. The van der Waals surface area contributed by atoms with E-state index in [1.54, 1.807) is 11.3 Å². The fourth-order valence-corrected chi connectivity index (χ4v) is 5.67. The van der Waals surface area contributed by atoms with Gasteiger partial charge in [0.25, 0.3) is 0 Å². The van der Waals surface area contributed by atoms with Gasteiger partial charge in [-0.25, -0.2) is 4.79 Å². The molecule has 0 aromatic carbocycles. The van der Waals surface area contributed by atoms with Crippen molar-refractivity contribution in [3.63, 3.8) is 0 Å². The van der Waals surface area contributed by atoms with Gasteiger partial charge in [-0.15, -0.1) is 32.9 Å². The van der Waals surface area contributed by atoms with E-state index in [1.165, 1.54) is 35.1 Å². The van der Waals surface area contributed by atoms with Gasteiger partial charge < -0.3 is 14.6 Å². The van der Waals surface area contributed by atoms with Gasteiger partial charge in [0.1, 0.15) is 5.00 Å². The number of hydrogen-bond donors (Lipinski definition) is 1. The van der Waals surface area contributed by atoms with Crippen molar-refractivity contribution in [2.45, 2.75) is 38.8 Å². The van der Waals surface area contributed by atoms with Crippen LogP contribution in [0.5, 0.6) is 0 Å². The van der Waals surface area contributed by atoms with Crippen LogP contribution in [0.2, 0.25) is 0 Å². The fourth-order valence-electron chi connectivity index (χ4n) is 2.92. The van der Waals surface area contributed by atoms with E-state index < -0.39 is 5.97 Å². The first-order valence-corrected chi connectivity index (χ1v) is 12.1. The number of esters is 1. The molecule has 1 N–H and O–H groups in total. The Kier molecular flexibility index (Phi) is 7.32. The van der Waals surface area contributed by atoms with Crippen molar-refractivity contribution in [2.24, 2.45) is 7.05 Å². The Morgan fingerprint density at radius 1 is 1.30 bits per heavy atom. The summed E-state index contributed by atoms with van der Waals surface area (Å²) in [7, 11) is 3.23. The molecule has 0 aliphatic rings. The Morgan fingerprint density at radius 2 is 2.07 bits per heavy atom. The highest BCUT2D eigenvalue weighted by atomic mass is 32.2. The van der Waals surface area contributed by atoms with Crippen molar-refractivity contribution in [3.8, 4) is 11.4 Å². The molecule has 3 heterocycles. The summed E-state index contributed by atoms with van der Waals surface area (Å²) in [6.45, 7) is 5.92. The summed E-state index contributed by atoms with van der Waals surface area (Å²) in [5.74, 6) is 0.287. The molecule has 3 aromatic heterocycles. The minimum absolute atomic E-state index is 0.160. The topological polar surface area (TPSA) is 86.1 Å². The quantitative estimate of drug-likeness (QED) is 0.384. The van der Waals surface area contributed by atoms with Crippen LogP contribution < -0.4 is 5.32 Å². The molecule has 0 unspecified atom stereocenters. The van der Waals surface area contributed by atoms with Crippen LogP contribution in [0.1, 0.15) is 39.0 Å². The Hall–Kier alpha value is -2.17. The number of carbonyl (C=O) groups is 2. The van der Waals surface area contributed by atoms with Crippen LogP contribution in [0, 0.1) is 13.8 Å². The number of carbonyl (C=O) groups excluding carboxylic acids is 2. The Morgan fingerprint density at radius 3 is 2.77 bits per heavy atom. The van der Waals surface area contributed by atoms with Crippen LogP contribution in [-0.4, -0.2) is 39.5 Å². The van der Waals surface area contributed by atoms with Crippen LogP contribution >= 0.6 is 34.4 Å². The van der Waals surface area contributed by atoms with Crippen molar-refractivity contribution in [3.05, 3.63) is 32.3 Å². The number of ether oxygens (including phenoxy) is 1. The van der Waals surface area contributed by atoms with Crippen LogP contribution in [0.3, 0.4) is 0 Å². The summed E-state index contributed by atoms with van der Waals surface area (Å²) in [6.07, 6.45) is 2.16. The SMILES string of the molecule is CCCc1cc(-c2nnc(SCC(=O)Nc3sc(C)c(C)c3C(=O)OC)n2C)cs1. The number of nitrogens with zero attached hydrogens (tertiary/aromatic N) is 3. The number of rotatable bonds is 8. The standard InChI is InChI=1S/C20H24N4O3S3/c1-6-7-14-8-13(9-28-14)17-22-23-20(24(17)4)29-10-15(25)21-18-16(19(26)27-5)11(2)12(3)30-18/h8-9H,6-7,10H2,1-5H3,(H,21,25). The number of aryl methyl sites for hydroxylation is 2. The molecule has 0 radical (unpaired) electrons. The molecular weight excluding hydrogens is 440 g/mol. The van der Waals surface area contributed by atoms with Crippen LogP contribution in [0.15, 0.2) is 16.6 Å². The molecule has 0 aliphatic heterocycles. The van der Waals surface area contributed by atoms with E-state index in [0.717, 1.165) is 34.7 Å². The van der Waals surface area contributed by atoms with Gasteiger partial charge in [0.2, 0.25) is 5.91 Å². The van der Waals surface area contributed by atoms with E-state index >= 15 is 0 Å². The molecule has 0 saturated heterocycles. The number of hydrogen-bond acceptors (Lipinski definition) is 8. The average Bonchev–Trinajstić information content (AvgIpc) is 3.39. The molecule has 7 nitrogen and oxygen atoms in total. The highest BCUT2D eigenvalue weighted by Gasteiger charge is 2.22. The highest BCUT2D eigenvalue weighted by molar-refractivity contribution is 7.99. The molecule has 160 valence electrons. The molecular formula is C20H24N4O3S3. The summed E-state index contributed by atoms with van der Waals surface area (Å²) >= 11 is 4.40. The molecule has 3 rings (SSSR count). The normalized spacial score (nSPS) is 11.0. The Bertz CT molecular complexity index is 1070. The van der Waals surface area contributed by atoms with Gasteiger partial charge in [0, 0.05) is 27.7 Å². The first-order chi connectivity index (χ1) is 14.3. The molecule has 0 atom stereocenters. The van der Waals surface area contributed by atoms with E-state index in [2.05, 4.69) is 33.9 Å². The lowest BCUT2D eigenvalue weighted by Gasteiger charge is -2.06. The first kappa shape index (κ1) is 22.5. The van der Waals surface area contributed by atoms with Crippen LogP contribution in [0.25, 0.3) is 11.4 Å². The van der Waals surface area contributed by atoms with Crippen molar-refractivity contribution in [1.29, 1.82) is 0 Å². The Labute approximate surface area is 187 Å². The van der Waals surface area contributed by atoms with Gasteiger partial charge in [0.05, 0.1) is 18.4 Å². The first-order valence-electron chi connectivity index (χ1n) is 9.43. The maximum absolute atomic E-state index is 12.5. The second-order valence-electron chi connectivity index (χ2n) is 6.73. The summed E-state index contributed by atoms with van der Waals surface area (Å²) in [5.41, 5.74) is 2.28. The maximum Gasteiger partial charge on any atom is 0.341 e. The predicted molar refractivity (Wildman–Crippen MR) is 123 cm³/mol. The molecule has 3 aromatic rings. The van der Waals surface area contributed by atoms with Crippen LogP contribution in [-0.2, 0) is 23.0 Å². The maximum atomic E-state index is 12.5. The van der Waals surface area contributed by atoms with Crippen molar-refractivity contribution >= 4 is 51.3 Å². The lowest BCUT2D eigenvalue weighted by molar-refractivity contribution is -0.113. The third-order valence-electron chi connectivity index (χ3n) is 4.60. The molecule has 1 amide bonds. The molecule has 0 bridgehead atoms. The molecule has 0 spiro atoms. The highest BCUT2D eigenvalue weighted by Crippen LogP contribution is 2.33. The van der Waals surface area contributed by atoms with E-state index in [-0.39, 0.29) is 11.7 Å². The molecule has 30 heavy (non-hydrogen) atoms.